The number of carbonyl (C=O) groups excluding carboxylic acids is 3. The molecule has 2 atom stereocenters. The summed E-state index contributed by atoms with van der Waals surface area (Å²) in [7, 11) is 0. The molecular formula is C22H24N2O5. The Bertz CT molecular complexity index is 925. The summed E-state index contributed by atoms with van der Waals surface area (Å²) in [5, 5.41) is 5.49. The van der Waals surface area contributed by atoms with Crippen molar-refractivity contribution in [3.8, 4) is 5.75 Å². The Morgan fingerprint density at radius 1 is 1.10 bits per heavy atom. The fraction of sp³-hybridized carbons (Fsp3) is 0.318. The summed E-state index contributed by atoms with van der Waals surface area (Å²) in [6.07, 6.45) is -2.31. The minimum Gasteiger partial charge on any atom is -0.478 e. The zero-order valence-electron chi connectivity index (χ0n) is 16.6. The average Bonchev–Trinajstić information content (AvgIpc) is 2.68. The SMILES string of the molecule is CC(C)c1ccccc1NC(=O)[C@H](C)OC(=O)C[C@H]1Oc2ccccc2NC1=O. The van der Waals surface area contributed by atoms with Crippen LogP contribution in [0.15, 0.2) is 48.5 Å². The molecule has 0 saturated heterocycles. The number of ether oxygens (including phenoxy) is 2. The van der Waals surface area contributed by atoms with E-state index in [2.05, 4.69) is 10.6 Å². The Balaban J connectivity index is 1.57. The van der Waals surface area contributed by atoms with Crippen molar-refractivity contribution in [2.24, 2.45) is 0 Å². The van der Waals surface area contributed by atoms with Gasteiger partial charge in [0.25, 0.3) is 11.8 Å². The monoisotopic (exact) mass is 396 g/mol. The number of fused-ring (bicyclic) bond motifs is 1. The predicted molar refractivity (Wildman–Crippen MR) is 109 cm³/mol. The number of anilines is 2. The lowest BCUT2D eigenvalue weighted by Crippen LogP contribution is -2.40. The molecule has 2 N–H and O–H groups in total. The van der Waals surface area contributed by atoms with Gasteiger partial charge in [-0.05, 0) is 36.6 Å². The number of esters is 1. The van der Waals surface area contributed by atoms with E-state index in [0.717, 1.165) is 5.56 Å². The smallest absolute Gasteiger partial charge is 0.310 e. The minimum atomic E-state index is -1.01. The number of benzene rings is 2. The molecule has 2 aromatic carbocycles. The molecule has 152 valence electrons. The molecule has 0 saturated carbocycles. The topological polar surface area (TPSA) is 93.7 Å². The normalized spacial score (nSPS) is 16.3. The van der Waals surface area contributed by atoms with E-state index in [1.165, 1.54) is 6.92 Å². The van der Waals surface area contributed by atoms with Crippen LogP contribution in [-0.4, -0.2) is 30.0 Å². The standard InChI is InChI=1S/C22H24N2O5/c1-13(2)15-8-4-5-9-16(15)23-21(26)14(3)28-20(25)12-19-22(27)24-17-10-6-7-11-18(17)29-19/h4-11,13-14,19H,12H2,1-3H3,(H,23,26)(H,24,27)/t14-,19+/m0/s1. The molecule has 0 bridgehead atoms. The van der Waals surface area contributed by atoms with E-state index in [1.54, 1.807) is 30.3 Å². The maximum Gasteiger partial charge on any atom is 0.310 e. The zero-order valence-corrected chi connectivity index (χ0v) is 16.6. The van der Waals surface area contributed by atoms with Gasteiger partial charge in [-0.3, -0.25) is 14.4 Å². The summed E-state index contributed by atoms with van der Waals surface area (Å²) in [6, 6.07) is 14.4. The minimum absolute atomic E-state index is 0.231. The Labute approximate surface area is 169 Å². The van der Waals surface area contributed by atoms with Gasteiger partial charge in [0.15, 0.2) is 12.2 Å². The number of amides is 2. The first-order valence-corrected chi connectivity index (χ1v) is 9.51. The molecule has 1 aliphatic heterocycles. The second-order valence-corrected chi connectivity index (χ2v) is 7.16. The largest absolute Gasteiger partial charge is 0.478 e. The summed E-state index contributed by atoms with van der Waals surface area (Å²) < 4.78 is 10.8. The van der Waals surface area contributed by atoms with Crippen LogP contribution in [0.25, 0.3) is 0 Å². The molecule has 0 unspecified atom stereocenters. The van der Waals surface area contributed by atoms with E-state index in [0.29, 0.717) is 17.1 Å². The van der Waals surface area contributed by atoms with Crippen molar-refractivity contribution in [2.45, 2.75) is 45.3 Å². The Hall–Kier alpha value is -3.35. The fourth-order valence-corrected chi connectivity index (χ4v) is 3.03. The summed E-state index contributed by atoms with van der Waals surface area (Å²) >= 11 is 0. The lowest BCUT2D eigenvalue weighted by Gasteiger charge is -2.25. The van der Waals surface area contributed by atoms with Gasteiger partial charge in [-0.2, -0.15) is 0 Å². The van der Waals surface area contributed by atoms with Crippen molar-refractivity contribution in [3.05, 3.63) is 54.1 Å². The molecule has 1 heterocycles. The van der Waals surface area contributed by atoms with Gasteiger partial charge < -0.3 is 20.1 Å². The van der Waals surface area contributed by atoms with Crippen molar-refractivity contribution in [1.82, 2.24) is 0 Å². The van der Waals surface area contributed by atoms with Crippen molar-refractivity contribution >= 4 is 29.2 Å². The lowest BCUT2D eigenvalue weighted by molar-refractivity contribution is -0.155. The molecule has 0 aromatic heterocycles. The maximum absolute atomic E-state index is 12.4. The molecule has 7 heteroatoms. The quantitative estimate of drug-likeness (QED) is 0.729. The third kappa shape index (κ3) is 4.93. The molecule has 0 aliphatic carbocycles. The second-order valence-electron chi connectivity index (χ2n) is 7.16. The van der Waals surface area contributed by atoms with Crippen LogP contribution in [0.5, 0.6) is 5.75 Å². The van der Waals surface area contributed by atoms with Gasteiger partial charge in [-0.15, -0.1) is 0 Å². The first-order chi connectivity index (χ1) is 13.8. The third-order valence-corrected chi connectivity index (χ3v) is 4.58. The first kappa shape index (κ1) is 20.4. The molecule has 1 aliphatic rings. The highest BCUT2D eigenvalue weighted by Crippen LogP contribution is 2.29. The van der Waals surface area contributed by atoms with Gasteiger partial charge >= 0.3 is 5.97 Å². The molecular weight excluding hydrogens is 372 g/mol. The fourth-order valence-electron chi connectivity index (χ4n) is 3.03. The van der Waals surface area contributed by atoms with Gasteiger partial charge in [0.2, 0.25) is 0 Å². The van der Waals surface area contributed by atoms with Crippen LogP contribution in [0.4, 0.5) is 11.4 Å². The maximum atomic E-state index is 12.4. The van der Waals surface area contributed by atoms with E-state index in [1.807, 2.05) is 32.0 Å². The van der Waals surface area contributed by atoms with Crippen molar-refractivity contribution in [2.75, 3.05) is 10.6 Å². The summed E-state index contributed by atoms with van der Waals surface area (Å²) in [4.78, 5) is 36.8. The first-order valence-electron chi connectivity index (χ1n) is 9.51. The number of para-hydroxylation sites is 3. The third-order valence-electron chi connectivity index (χ3n) is 4.58. The van der Waals surface area contributed by atoms with Crippen molar-refractivity contribution < 1.29 is 23.9 Å². The highest BCUT2D eigenvalue weighted by molar-refractivity contribution is 6.00. The number of rotatable bonds is 6. The Morgan fingerprint density at radius 2 is 1.79 bits per heavy atom. The van der Waals surface area contributed by atoms with Crippen molar-refractivity contribution in [1.29, 1.82) is 0 Å². The average molecular weight is 396 g/mol. The molecule has 29 heavy (non-hydrogen) atoms. The van der Waals surface area contributed by atoms with Crippen LogP contribution >= 0.6 is 0 Å². The van der Waals surface area contributed by atoms with E-state index in [4.69, 9.17) is 9.47 Å². The molecule has 7 nitrogen and oxygen atoms in total. The van der Waals surface area contributed by atoms with Gasteiger partial charge in [0.1, 0.15) is 5.75 Å². The number of hydrogen-bond acceptors (Lipinski definition) is 5. The molecule has 2 aromatic rings. The predicted octanol–water partition coefficient (Wildman–Crippen LogP) is 3.47. The van der Waals surface area contributed by atoms with Crippen molar-refractivity contribution in [3.63, 3.8) is 0 Å². The number of nitrogens with one attached hydrogen (secondary N) is 2. The zero-order chi connectivity index (χ0) is 21.0. The van der Waals surface area contributed by atoms with Crippen LogP contribution in [0.1, 0.15) is 38.7 Å². The molecule has 2 amide bonds. The summed E-state index contributed by atoms with van der Waals surface area (Å²) in [6.45, 7) is 5.55. The van der Waals surface area contributed by atoms with Gasteiger partial charge in [-0.25, -0.2) is 0 Å². The van der Waals surface area contributed by atoms with E-state index in [-0.39, 0.29) is 12.3 Å². The van der Waals surface area contributed by atoms with Gasteiger partial charge in [-0.1, -0.05) is 44.2 Å². The highest BCUT2D eigenvalue weighted by Gasteiger charge is 2.31. The van der Waals surface area contributed by atoms with E-state index >= 15 is 0 Å². The summed E-state index contributed by atoms with van der Waals surface area (Å²) in [5.74, 6) is -0.839. The lowest BCUT2D eigenvalue weighted by atomic mass is 10.0. The number of carbonyl (C=O) groups is 3. The Morgan fingerprint density at radius 3 is 2.55 bits per heavy atom. The number of hydrogen-bond donors (Lipinski definition) is 2. The Kier molecular flexibility index (Phi) is 6.16. The van der Waals surface area contributed by atoms with Crippen LogP contribution in [0.3, 0.4) is 0 Å². The van der Waals surface area contributed by atoms with Crippen LogP contribution in [0.2, 0.25) is 0 Å². The van der Waals surface area contributed by atoms with Crippen LogP contribution < -0.4 is 15.4 Å². The molecule has 0 spiro atoms. The molecule has 0 radical (unpaired) electrons. The molecule has 3 rings (SSSR count). The van der Waals surface area contributed by atoms with Gasteiger partial charge in [0.05, 0.1) is 12.1 Å². The van der Waals surface area contributed by atoms with Crippen LogP contribution in [-0.2, 0) is 19.1 Å². The summed E-state index contributed by atoms with van der Waals surface area (Å²) in [5.41, 5.74) is 2.23. The van der Waals surface area contributed by atoms with E-state index < -0.39 is 30.0 Å². The van der Waals surface area contributed by atoms with E-state index in [9.17, 15) is 14.4 Å². The molecule has 0 fully saturated rings. The van der Waals surface area contributed by atoms with Crippen LogP contribution in [0, 0.1) is 0 Å². The second kappa shape index (κ2) is 8.77. The van der Waals surface area contributed by atoms with Gasteiger partial charge in [0, 0.05) is 5.69 Å². The highest BCUT2D eigenvalue weighted by atomic mass is 16.6.